The van der Waals surface area contributed by atoms with Crippen LogP contribution >= 0.6 is 0 Å². The number of imide groups is 1. The van der Waals surface area contributed by atoms with Crippen LogP contribution in [-0.4, -0.2) is 17.5 Å². The van der Waals surface area contributed by atoms with Crippen LogP contribution in [0, 0.1) is 11.3 Å². The lowest BCUT2D eigenvalue weighted by Gasteiger charge is -2.47. The fourth-order valence-electron chi connectivity index (χ4n) is 2.66. The third-order valence-corrected chi connectivity index (χ3v) is 3.88. The Balaban J connectivity index is 1.86. The number of nitrogens with one attached hydrogen (secondary N) is 1. The molecule has 1 spiro atoms. The average Bonchev–Trinajstić information content (AvgIpc) is 2.37. The lowest BCUT2D eigenvalue weighted by Crippen LogP contribution is -2.65. The van der Waals surface area contributed by atoms with Crippen LogP contribution in [0.4, 0.5) is 10.5 Å². The first-order valence-corrected chi connectivity index (χ1v) is 6.29. The van der Waals surface area contributed by atoms with Gasteiger partial charge in [-0.25, -0.2) is 9.69 Å². The van der Waals surface area contributed by atoms with Crippen LogP contribution in [0.2, 0.25) is 0 Å². The Morgan fingerprint density at radius 3 is 2.37 bits per heavy atom. The van der Waals surface area contributed by atoms with E-state index in [1.807, 2.05) is 6.07 Å². The van der Waals surface area contributed by atoms with E-state index in [0.717, 1.165) is 24.2 Å². The van der Waals surface area contributed by atoms with E-state index in [1.165, 1.54) is 0 Å². The maximum atomic E-state index is 12.2. The highest BCUT2D eigenvalue weighted by atomic mass is 16.2. The van der Waals surface area contributed by atoms with Crippen LogP contribution in [0.15, 0.2) is 24.3 Å². The van der Waals surface area contributed by atoms with E-state index in [1.54, 1.807) is 24.3 Å². The molecule has 3 amide bonds. The summed E-state index contributed by atoms with van der Waals surface area (Å²) in [6.07, 6.45) is 3.18. The molecule has 1 saturated carbocycles. The maximum Gasteiger partial charge on any atom is 0.329 e. The number of hydrogen-bond donors (Lipinski definition) is 1. The van der Waals surface area contributed by atoms with E-state index in [0.29, 0.717) is 17.7 Å². The standard InChI is InChI=1S/C14H13N3O2/c15-9-10-2-4-11(5-3-10)17-12(18)8-14(6-1-7-14)16-13(17)19/h2-5H,1,6-8H2,(H,16,19). The molecule has 19 heavy (non-hydrogen) atoms. The normalized spacial score (nSPS) is 20.7. The smallest absolute Gasteiger partial charge is 0.329 e. The highest BCUT2D eigenvalue weighted by Crippen LogP contribution is 2.38. The number of carbonyl (C=O) groups excluding carboxylic acids is 2. The molecule has 5 nitrogen and oxygen atoms in total. The number of benzene rings is 1. The van der Waals surface area contributed by atoms with Crippen molar-refractivity contribution in [1.82, 2.24) is 5.32 Å². The van der Waals surface area contributed by atoms with Gasteiger partial charge in [0.15, 0.2) is 0 Å². The van der Waals surface area contributed by atoms with Crippen LogP contribution in [0.3, 0.4) is 0 Å². The number of urea groups is 1. The summed E-state index contributed by atoms with van der Waals surface area (Å²) in [5, 5.41) is 11.7. The zero-order chi connectivity index (χ0) is 13.5. The minimum atomic E-state index is -0.361. The zero-order valence-corrected chi connectivity index (χ0v) is 10.3. The van der Waals surface area contributed by atoms with Crippen LogP contribution < -0.4 is 10.2 Å². The third-order valence-electron chi connectivity index (χ3n) is 3.88. The van der Waals surface area contributed by atoms with Gasteiger partial charge in [-0.2, -0.15) is 5.26 Å². The van der Waals surface area contributed by atoms with Crippen LogP contribution in [0.5, 0.6) is 0 Å². The summed E-state index contributed by atoms with van der Waals surface area (Å²) in [7, 11) is 0. The second-order valence-electron chi connectivity index (χ2n) is 5.13. The molecule has 1 aromatic carbocycles. The van der Waals surface area contributed by atoms with Gasteiger partial charge in [0.25, 0.3) is 0 Å². The fourth-order valence-corrected chi connectivity index (χ4v) is 2.66. The molecule has 0 atom stereocenters. The monoisotopic (exact) mass is 255 g/mol. The molecule has 0 aromatic heterocycles. The van der Waals surface area contributed by atoms with E-state index < -0.39 is 0 Å². The first kappa shape index (κ1) is 11.7. The van der Waals surface area contributed by atoms with Crippen molar-refractivity contribution < 1.29 is 9.59 Å². The summed E-state index contributed by atoms with van der Waals surface area (Å²) >= 11 is 0. The minimum absolute atomic E-state index is 0.173. The molecule has 0 unspecified atom stereocenters. The summed E-state index contributed by atoms with van der Waals surface area (Å²) in [6.45, 7) is 0. The minimum Gasteiger partial charge on any atom is -0.331 e. The van der Waals surface area contributed by atoms with Gasteiger partial charge in [-0.15, -0.1) is 0 Å². The molecule has 1 aliphatic heterocycles. The van der Waals surface area contributed by atoms with E-state index in [9.17, 15) is 9.59 Å². The predicted molar refractivity (Wildman–Crippen MR) is 68.4 cm³/mol. The summed E-state index contributed by atoms with van der Waals surface area (Å²) in [5.74, 6) is -0.173. The molecule has 96 valence electrons. The molecule has 1 heterocycles. The van der Waals surface area contributed by atoms with Gasteiger partial charge in [0.05, 0.1) is 29.3 Å². The van der Waals surface area contributed by atoms with Gasteiger partial charge in [0, 0.05) is 0 Å². The Labute approximate surface area is 110 Å². The summed E-state index contributed by atoms with van der Waals surface area (Å²) in [6, 6.07) is 8.09. The quantitative estimate of drug-likeness (QED) is 0.833. The number of rotatable bonds is 1. The lowest BCUT2D eigenvalue weighted by molar-refractivity contribution is -0.121. The third kappa shape index (κ3) is 1.85. The van der Waals surface area contributed by atoms with Crippen molar-refractivity contribution in [3.63, 3.8) is 0 Å². The fraction of sp³-hybridized carbons (Fsp3) is 0.357. The van der Waals surface area contributed by atoms with Gasteiger partial charge in [0.1, 0.15) is 0 Å². The summed E-state index contributed by atoms with van der Waals surface area (Å²) < 4.78 is 0. The molecule has 2 fully saturated rings. The number of anilines is 1. The molecular formula is C14H13N3O2. The Hall–Kier alpha value is -2.35. The van der Waals surface area contributed by atoms with Crippen molar-refractivity contribution in [3.05, 3.63) is 29.8 Å². The molecule has 0 bridgehead atoms. The molecule has 1 saturated heterocycles. The van der Waals surface area contributed by atoms with Gasteiger partial charge in [-0.1, -0.05) is 0 Å². The molecule has 1 N–H and O–H groups in total. The zero-order valence-electron chi connectivity index (χ0n) is 10.3. The SMILES string of the molecule is N#Cc1ccc(N2C(=O)CC3(CCC3)NC2=O)cc1. The van der Waals surface area contributed by atoms with Crippen LogP contribution in [-0.2, 0) is 4.79 Å². The molecule has 3 rings (SSSR count). The van der Waals surface area contributed by atoms with Crippen LogP contribution in [0.1, 0.15) is 31.2 Å². The predicted octanol–water partition coefficient (Wildman–Crippen LogP) is 1.93. The number of carbonyl (C=O) groups is 2. The Morgan fingerprint density at radius 1 is 1.21 bits per heavy atom. The van der Waals surface area contributed by atoms with Crippen molar-refractivity contribution in [2.75, 3.05) is 4.90 Å². The summed E-state index contributed by atoms with van der Waals surface area (Å²) in [5.41, 5.74) is 0.719. The molecular weight excluding hydrogens is 242 g/mol. The molecule has 2 aliphatic rings. The maximum absolute atomic E-state index is 12.2. The van der Waals surface area contributed by atoms with E-state index in [-0.39, 0.29) is 17.5 Å². The van der Waals surface area contributed by atoms with E-state index in [2.05, 4.69) is 5.32 Å². The Bertz CT molecular complexity index is 562. The van der Waals surface area contributed by atoms with Gasteiger partial charge < -0.3 is 5.32 Å². The van der Waals surface area contributed by atoms with Crippen molar-refractivity contribution in [1.29, 1.82) is 5.26 Å². The average molecular weight is 255 g/mol. The number of amides is 3. The first-order chi connectivity index (χ1) is 9.13. The second-order valence-corrected chi connectivity index (χ2v) is 5.13. The number of nitriles is 1. The highest BCUT2D eigenvalue weighted by Gasteiger charge is 2.47. The topological polar surface area (TPSA) is 73.2 Å². The number of hydrogen-bond acceptors (Lipinski definition) is 3. The van der Waals surface area contributed by atoms with E-state index in [4.69, 9.17) is 5.26 Å². The highest BCUT2D eigenvalue weighted by molar-refractivity contribution is 6.16. The van der Waals surface area contributed by atoms with Gasteiger partial charge in [-0.05, 0) is 43.5 Å². The van der Waals surface area contributed by atoms with Crippen molar-refractivity contribution in [3.8, 4) is 6.07 Å². The molecule has 0 radical (unpaired) electrons. The van der Waals surface area contributed by atoms with Crippen molar-refractivity contribution >= 4 is 17.6 Å². The second kappa shape index (κ2) is 4.09. The summed E-state index contributed by atoms with van der Waals surface area (Å²) in [4.78, 5) is 25.4. The van der Waals surface area contributed by atoms with Gasteiger partial charge in [-0.3, -0.25) is 4.79 Å². The first-order valence-electron chi connectivity index (χ1n) is 6.29. The van der Waals surface area contributed by atoms with Crippen molar-refractivity contribution in [2.24, 2.45) is 0 Å². The Morgan fingerprint density at radius 2 is 1.89 bits per heavy atom. The molecule has 1 aromatic rings. The van der Waals surface area contributed by atoms with Gasteiger partial charge in [0.2, 0.25) is 5.91 Å². The molecule has 5 heteroatoms. The van der Waals surface area contributed by atoms with Gasteiger partial charge >= 0.3 is 6.03 Å². The lowest BCUT2D eigenvalue weighted by atomic mass is 9.73. The van der Waals surface area contributed by atoms with Crippen molar-refractivity contribution in [2.45, 2.75) is 31.2 Å². The Kier molecular flexibility index (Phi) is 2.53. The van der Waals surface area contributed by atoms with E-state index >= 15 is 0 Å². The molecule has 1 aliphatic carbocycles. The van der Waals surface area contributed by atoms with Crippen LogP contribution in [0.25, 0.3) is 0 Å². The largest absolute Gasteiger partial charge is 0.331 e. The number of nitrogens with zero attached hydrogens (tertiary/aromatic N) is 2.